The lowest BCUT2D eigenvalue weighted by atomic mass is 10.0. The van der Waals surface area contributed by atoms with Gasteiger partial charge in [-0.1, -0.05) is 89.9 Å². The van der Waals surface area contributed by atoms with Crippen LogP contribution >= 0.6 is 0 Å². The van der Waals surface area contributed by atoms with E-state index in [2.05, 4.69) is 18.8 Å². The summed E-state index contributed by atoms with van der Waals surface area (Å²) in [7, 11) is 0. The second-order valence-corrected chi connectivity index (χ2v) is 12.6. The summed E-state index contributed by atoms with van der Waals surface area (Å²) in [5, 5.41) is 10.7. The van der Waals surface area contributed by atoms with E-state index in [9.17, 15) is 9.90 Å². The lowest BCUT2D eigenvalue weighted by Gasteiger charge is -2.35. The van der Waals surface area contributed by atoms with E-state index in [4.69, 9.17) is 9.47 Å². The standard InChI is InChI=1S/C31H55NO4/c1-7-8-9-10-11-12-14-17-20-25-23-26(25)21-18-15-13-16-19-22-28(33)27-24-35-31(5,6)32(27)29(34)36-30(2,3)4/h25-28,33H,7-18,20-21,23-24H2,1-6H3/t25-,26+,27-,28+/m0/s1. The number of rotatable bonds is 15. The molecular weight excluding hydrogens is 450 g/mol. The topological polar surface area (TPSA) is 59.0 Å². The van der Waals surface area contributed by atoms with Crippen LogP contribution in [0.4, 0.5) is 4.79 Å². The minimum absolute atomic E-state index is 0.254. The number of carbonyl (C=O) groups is 1. The number of aliphatic hydroxyl groups excluding tert-OH is 1. The van der Waals surface area contributed by atoms with Crippen LogP contribution in [0, 0.1) is 23.7 Å². The quantitative estimate of drug-likeness (QED) is 0.182. The van der Waals surface area contributed by atoms with Crippen LogP contribution < -0.4 is 0 Å². The summed E-state index contributed by atoms with van der Waals surface area (Å²) >= 11 is 0. The molecule has 208 valence electrons. The first kappa shape index (κ1) is 31.0. The Morgan fingerprint density at radius 1 is 1.00 bits per heavy atom. The minimum atomic E-state index is -0.942. The maximum atomic E-state index is 12.7. The average molecular weight is 506 g/mol. The molecule has 4 atom stereocenters. The first-order chi connectivity index (χ1) is 17.0. The molecule has 0 bridgehead atoms. The minimum Gasteiger partial charge on any atom is -0.444 e. The molecule has 1 aliphatic carbocycles. The van der Waals surface area contributed by atoms with Crippen molar-refractivity contribution in [1.29, 1.82) is 0 Å². The summed E-state index contributed by atoms with van der Waals surface area (Å²) in [4.78, 5) is 14.2. The predicted molar refractivity (Wildman–Crippen MR) is 148 cm³/mol. The lowest BCUT2D eigenvalue weighted by Crippen LogP contribution is -2.53. The van der Waals surface area contributed by atoms with E-state index in [1.807, 2.05) is 34.6 Å². The van der Waals surface area contributed by atoms with Gasteiger partial charge in [0.15, 0.2) is 0 Å². The molecule has 0 aromatic carbocycles. The van der Waals surface area contributed by atoms with Crippen LogP contribution in [0.3, 0.4) is 0 Å². The smallest absolute Gasteiger partial charge is 0.413 e. The molecule has 0 aromatic rings. The van der Waals surface area contributed by atoms with Crippen molar-refractivity contribution in [3.8, 4) is 11.8 Å². The molecule has 2 fully saturated rings. The fourth-order valence-corrected chi connectivity index (χ4v) is 5.36. The molecule has 36 heavy (non-hydrogen) atoms. The summed E-state index contributed by atoms with van der Waals surface area (Å²) < 4.78 is 11.3. The highest BCUT2D eigenvalue weighted by Gasteiger charge is 2.48. The molecule has 1 N–H and O–H groups in total. The van der Waals surface area contributed by atoms with E-state index < -0.39 is 29.6 Å². The van der Waals surface area contributed by atoms with Crippen molar-refractivity contribution in [3.05, 3.63) is 0 Å². The highest BCUT2D eigenvalue weighted by atomic mass is 16.6. The van der Waals surface area contributed by atoms with E-state index in [0.29, 0.717) is 0 Å². The Kier molecular flexibility index (Phi) is 13.1. The molecule has 1 amide bonds. The van der Waals surface area contributed by atoms with Crippen molar-refractivity contribution in [3.63, 3.8) is 0 Å². The van der Waals surface area contributed by atoms with Gasteiger partial charge < -0.3 is 14.6 Å². The summed E-state index contributed by atoms with van der Waals surface area (Å²) in [6, 6.07) is -0.518. The number of carbonyl (C=O) groups excluding carboxylic acids is 1. The first-order valence-electron chi connectivity index (χ1n) is 14.9. The Hall–Kier alpha value is -1.25. The summed E-state index contributed by atoms with van der Waals surface area (Å²) in [6.07, 6.45) is 18.5. The number of hydrogen-bond donors (Lipinski definition) is 1. The van der Waals surface area contributed by atoms with Crippen LogP contribution in [0.15, 0.2) is 0 Å². The molecule has 5 nitrogen and oxygen atoms in total. The Morgan fingerprint density at radius 3 is 2.14 bits per heavy atom. The van der Waals surface area contributed by atoms with Gasteiger partial charge in [-0.3, -0.25) is 4.90 Å². The van der Waals surface area contributed by atoms with Gasteiger partial charge in [-0.15, -0.1) is 5.92 Å². The van der Waals surface area contributed by atoms with Crippen molar-refractivity contribution in [2.45, 2.75) is 161 Å². The third-order valence-corrected chi connectivity index (χ3v) is 7.60. The van der Waals surface area contributed by atoms with Gasteiger partial charge >= 0.3 is 6.09 Å². The SMILES string of the molecule is CCCCCCCCCC[C@H]1C[C@H]1CCCCCC#C[C@@H](O)[C@@H]1COC(C)(C)N1C(=O)OC(C)(C)C. The first-order valence-corrected chi connectivity index (χ1v) is 14.9. The van der Waals surface area contributed by atoms with E-state index in [0.717, 1.165) is 24.7 Å². The van der Waals surface area contributed by atoms with Gasteiger partial charge in [0.2, 0.25) is 0 Å². The molecular formula is C31H55NO4. The molecule has 1 aliphatic heterocycles. The van der Waals surface area contributed by atoms with Gasteiger partial charge in [0.25, 0.3) is 0 Å². The maximum Gasteiger partial charge on any atom is 0.413 e. The van der Waals surface area contributed by atoms with Crippen LogP contribution in [0.2, 0.25) is 0 Å². The number of hydrogen-bond acceptors (Lipinski definition) is 4. The third-order valence-electron chi connectivity index (χ3n) is 7.60. The van der Waals surface area contributed by atoms with E-state index in [-0.39, 0.29) is 6.61 Å². The van der Waals surface area contributed by atoms with Crippen molar-refractivity contribution in [2.24, 2.45) is 11.8 Å². The van der Waals surface area contributed by atoms with Crippen molar-refractivity contribution >= 4 is 6.09 Å². The molecule has 2 aliphatic rings. The van der Waals surface area contributed by atoms with Crippen molar-refractivity contribution in [2.75, 3.05) is 6.61 Å². The lowest BCUT2D eigenvalue weighted by molar-refractivity contribution is -0.0658. The molecule has 1 saturated heterocycles. The zero-order valence-electron chi connectivity index (χ0n) is 24.2. The van der Waals surface area contributed by atoms with Crippen LogP contribution in [0.5, 0.6) is 0 Å². The van der Waals surface area contributed by atoms with Gasteiger partial charge in [-0.2, -0.15) is 0 Å². The van der Waals surface area contributed by atoms with E-state index in [1.165, 1.54) is 88.4 Å². The zero-order chi connectivity index (χ0) is 26.6. The van der Waals surface area contributed by atoms with Gasteiger partial charge in [0.05, 0.1) is 12.6 Å². The highest BCUT2D eigenvalue weighted by molar-refractivity contribution is 5.70. The maximum absolute atomic E-state index is 12.7. The van der Waals surface area contributed by atoms with Crippen LogP contribution in [-0.2, 0) is 9.47 Å². The number of unbranched alkanes of at least 4 members (excludes halogenated alkanes) is 10. The van der Waals surface area contributed by atoms with Gasteiger partial charge in [0.1, 0.15) is 17.4 Å². The number of nitrogens with zero attached hydrogens (tertiary/aromatic N) is 1. The molecule has 1 heterocycles. The average Bonchev–Trinajstić information content (AvgIpc) is 3.45. The second-order valence-electron chi connectivity index (χ2n) is 12.6. The summed E-state index contributed by atoms with van der Waals surface area (Å²) in [5.41, 5.74) is -1.43. The van der Waals surface area contributed by atoms with E-state index in [1.54, 1.807) is 0 Å². The summed E-state index contributed by atoms with van der Waals surface area (Å²) in [6.45, 7) is 11.7. The van der Waals surface area contributed by atoms with Crippen molar-refractivity contribution in [1.82, 2.24) is 4.90 Å². The molecule has 1 saturated carbocycles. The molecule has 2 rings (SSSR count). The number of ether oxygens (including phenoxy) is 2. The highest BCUT2D eigenvalue weighted by Crippen LogP contribution is 2.45. The van der Waals surface area contributed by atoms with Crippen LogP contribution in [0.1, 0.15) is 138 Å². The second kappa shape index (κ2) is 15.2. The van der Waals surface area contributed by atoms with Gasteiger partial charge in [0, 0.05) is 6.42 Å². The Labute approximate surface area is 222 Å². The van der Waals surface area contributed by atoms with Gasteiger partial charge in [-0.25, -0.2) is 4.79 Å². The van der Waals surface area contributed by atoms with Crippen LogP contribution in [-0.4, -0.2) is 46.2 Å². The number of amides is 1. The van der Waals surface area contributed by atoms with Gasteiger partial charge in [-0.05, 0) is 59.3 Å². The van der Waals surface area contributed by atoms with E-state index >= 15 is 0 Å². The number of aliphatic hydroxyl groups is 1. The molecule has 0 aromatic heterocycles. The van der Waals surface area contributed by atoms with Crippen LogP contribution in [0.25, 0.3) is 0 Å². The largest absolute Gasteiger partial charge is 0.444 e. The molecule has 0 spiro atoms. The Morgan fingerprint density at radius 2 is 1.56 bits per heavy atom. The molecule has 0 unspecified atom stereocenters. The zero-order valence-corrected chi connectivity index (χ0v) is 24.2. The Bertz CT molecular complexity index is 702. The Balaban J connectivity index is 1.55. The summed E-state index contributed by atoms with van der Waals surface area (Å²) in [5.74, 6) is 8.07. The fourth-order valence-electron chi connectivity index (χ4n) is 5.36. The normalized spacial score (nSPS) is 23.8. The third kappa shape index (κ3) is 11.4. The fraction of sp³-hybridized carbons (Fsp3) is 0.903. The molecule has 0 radical (unpaired) electrons. The monoisotopic (exact) mass is 505 g/mol. The van der Waals surface area contributed by atoms with Crippen molar-refractivity contribution < 1.29 is 19.4 Å². The molecule has 5 heteroatoms. The predicted octanol–water partition coefficient (Wildman–Crippen LogP) is 7.84.